The van der Waals surface area contributed by atoms with Crippen molar-refractivity contribution in [1.29, 1.82) is 0 Å². The fourth-order valence-electron chi connectivity index (χ4n) is 1.19. The molecule has 0 aliphatic carbocycles. The van der Waals surface area contributed by atoms with Crippen LogP contribution in [-0.2, 0) is 9.53 Å². The summed E-state index contributed by atoms with van der Waals surface area (Å²) in [6, 6.07) is 0.286. The number of carbonyl (C=O) groups excluding carboxylic acids is 1. The van der Waals surface area contributed by atoms with Gasteiger partial charge in [0.05, 0.1) is 14.2 Å². The van der Waals surface area contributed by atoms with Crippen LogP contribution in [0, 0.1) is 11.6 Å². The van der Waals surface area contributed by atoms with Gasteiger partial charge in [0.2, 0.25) is 0 Å². The molecule has 4 nitrogen and oxygen atoms in total. The predicted molar refractivity (Wildman–Crippen MR) is 51.9 cm³/mol. The Morgan fingerprint density at radius 3 is 2.44 bits per heavy atom. The first-order valence-electron chi connectivity index (χ1n) is 4.37. The number of methoxy groups -OCH3 is 2. The van der Waals surface area contributed by atoms with Gasteiger partial charge in [-0.15, -0.1) is 0 Å². The van der Waals surface area contributed by atoms with Crippen molar-refractivity contribution in [3.8, 4) is 5.75 Å². The zero-order valence-corrected chi connectivity index (χ0v) is 8.79. The van der Waals surface area contributed by atoms with E-state index in [1.807, 2.05) is 0 Å². The molecule has 6 heteroatoms. The van der Waals surface area contributed by atoms with Gasteiger partial charge in [-0.25, -0.2) is 8.78 Å². The second kappa shape index (κ2) is 4.89. The highest BCUT2D eigenvalue weighted by Crippen LogP contribution is 2.24. The van der Waals surface area contributed by atoms with Gasteiger partial charge in [0.1, 0.15) is 11.9 Å². The van der Waals surface area contributed by atoms with E-state index in [-0.39, 0.29) is 11.3 Å². The average molecular weight is 231 g/mol. The molecule has 0 saturated heterocycles. The van der Waals surface area contributed by atoms with Crippen LogP contribution in [0.15, 0.2) is 12.1 Å². The fourth-order valence-corrected chi connectivity index (χ4v) is 1.19. The first-order chi connectivity index (χ1) is 7.51. The second-order valence-electron chi connectivity index (χ2n) is 3.01. The second-order valence-corrected chi connectivity index (χ2v) is 3.01. The minimum absolute atomic E-state index is 0.252. The standard InChI is InChI=1S/C10H11F2NO3/c1-15-8-4-6(11)5(3-7(8)12)9(13)10(14)16-2/h3-4,9H,13H2,1-2H3. The van der Waals surface area contributed by atoms with E-state index >= 15 is 0 Å². The molecule has 1 aromatic rings. The van der Waals surface area contributed by atoms with Crippen molar-refractivity contribution in [3.63, 3.8) is 0 Å². The molecule has 0 aliphatic rings. The molecule has 0 aromatic heterocycles. The van der Waals surface area contributed by atoms with Gasteiger partial charge in [-0.1, -0.05) is 0 Å². The lowest BCUT2D eigenvalue weighted by Gasteiger charge is -2.12. The predicted octanol–water partition coefficient (Wildman–Crippen LogP) is 1.15. The number of carbonyl (C=O) groups is 1. The monoisotopic (exact) mass is 231 g/mol. The first kappa shape index (κ1) is 12.4. The number of halogens is 2. The molecule has 1 unspecified atom stereocenters. The van der Waals surface area contributed by atoms with Crippen molar-refractivity contribution in [2.24, 2.45) is 5.73 Å². The van der Waals surface area contributed by atoms with Gasteiger partial charge < -0.3 is 15.2 Å². The Kier molecular flexibility index (Phi) is 3.78. The fraction of sp³-hybridized carbons (Fsp3) is 0.300. The van der Waals surface area contributed by atoms with Crippen LogP contribution in [0.25, 0.3) is 0 Å². The summed E-state index contributed by atoms with van der Waals surface area (Å²) in [6.45, 7) is 0. The van der Waals surface area contributed by atoms with Crippen molar-refractivity contribution in [2.75, 3.05) is 14.2 Å². The SMILES string of the molecule is COC(=O)C(N)c1cc(F)c(OC)cc1F. The molecule has 16 heavy (non-hydrogen) atoms. The first-order valence-corrected chi connectivity index (χ1v) is 4.37. The van der Waals surface area contributed by atoms with Crippen LogP contribution in [0.1, 0.15) is 11.6 Å². The molecule has 2 N–H and O–H groups in total. The number of ether oxygens (including phenoxy) is 2. The Labute approximate surface area is 91.0 Å². The molecular weight excluding hydrogens is 220 g/mol. The van der Waals surface area contributed by atoms with Gasteiger partial charge in [0.25, 0.3) is 0 Å². The van der Waals surface area contributed by atoms with Gasteiger partial charge in [-0.05, 0) is 6.07 Å². The Hall–Kier alpha value is -1.69. The molecule has 0 bridgehead atoms. The highest BCUT2D eigenvalue weighted by atomic mass is 19.1. The zero-order chi connectivity index (χ0) is 12.3. The van der Waals surface area contributed by atoms with E-state index in [2.05, 4.69) is 9.47 Å². The molecule has 1 aromatic carbocycles. The molecule has 0 amide bonds. The number of rotatable bonds is 3. The summed E-state index contributed by atoms with van der Waals surface area (Å²) in [5.41, 5.74) is 5.12. The Bertz CT molecular complexity index is 409. The van der Waals surface area contributed by atoms with Gasteiger partial charge >= 0.3 is 5.97 Å². The summed E-state index contributed by atoms with van der Waals surface area (Å²) >= 11 is 0. The number of nitrogens with two attached hydrogens (primary N) is 1. The third-order valence-corrected chi connectivity index (χ3v) is 2.06. The van der Waals surface area contributed by atoms with Crippen LogP contribution in [0.5, 0.6) is 5.75 Å². The maximum atomic E-state index is 13.4. The topological polar surface area (TPSA) is 61.5 Å². The summed E-state index contributed by atoms with van der Waals surface area (Å²) in [5, 5.41) is 0. The Balaban J connectivity index is 3.15. The number of hydrogen-bond acceptors (Lipinski definition) is 4. The van der Waals surface area contributed by atoms with Crippen molar-refractivity contribution in [2.45, 2.75) is 6.04 Å². The van der Waals surface area contributed by atoms with Gasteiger partial charge in [-0.3, -0.25) is 4.79 Å². The van der Waals surface area contributed by atoms with Crippen LogP contribution >= 0.6 is 0 Å². The number of benzene rings is 1. The summed E-state index contributed by atoms with van der Waals surface area (Å²) in [4.78, 5) is 11.1. The molecule has 1 rings (SSSR count). The maximum absolute atomic E-state index is 13.4. The van der Waals surface area contributed by atoms with E-state index in [1.165, 1.54) is 7.11 Å². The van der Waals surface area contributed by atoms with Gasteiger partial charge in [-0.2, -0.15) is 0 Å². The van der Waals surface area contributed by atoms with Crippen LogP contribution < -0.4 is 10.5 Å². The molecule has 0 radical (unpaired) electrons. The molecule has 0 spiro atoms. The van der Waals surface area contributed by atoms with Crippen LogP contribution in [0.4, 0.5) is 8.78 Å². The van der Waals surface area contributed by atoms with E-state index in [0.717, 1.165) is 19.2 Å². The van der Waals surface area contributed by atoms with E-state index in [9.17, 15) is 13.6 Å². The highest BCUT2D eigenvalue weighted by molar-refractivity contribution is 5.77. The van der Waals surface area contributed by atoms with Crippen LogP contribution in [0.3, 0.4) is 0 Å². The van der Waals surface area contributed by atoms with E-state index in [1.54, 1.807) is 0 Å². The largest absolute Gasteiger partial charge is 0.494 e. The van der Waals surface area contributed by atoms with Gasteiger partial charge in [0.15, 0.2) is 11.6 Å². The summed E-state index contributed by atoms with van der Waals surface area (Å²) in [6.07, 6.45) is 0. The van der Waals surface area contributed by atoms with Crippen molar-refractivity contribution in [1.82, 2.24) is 0 Å². The molecule has 0 saturated carbocycles. The van der Waals surface area contributed by atoms with Crippen molar-refractivity contribution >= 4 is 5.97 Å². The molecule has 0 fully saturated rings. The van der Waals surface area contributed by atoms with Crippen LogP contribution in [-0.4, -0.2) is 20.2 Å². The van der Waals surface area contributed by atoms with Crippen LogP contribution in [0.2, 0.25) is 0 Å². The lowest BCUT2D eigenvalue weighted by atomic mass is 10.1. The molecular formula is C10H11F2NO3. The van der Waals surface area contributed by atoms with Gasteiger partial charge in [0, 0.05) is 11.6 Å². The molecule has 0 aliphatic heterocycles. The summed E-state index contributed by atoms with van der Waals surface area (Å²) < 4.78 is 35.6. The zero-order valence-electron chi connectivity index (χ0n) is 8.79. The third-order valence-electron chi connectivity index (χ3n) is 2.06. The van der Waals surface area contributed by atoms with Crippen molar-refractivity contribution in [3.05, 3.63) is 29.3 Å². The van der Waals surface area contributed by atoms with E-state index in [4.69, 9.17) is 5.73 Å². The minimum Gasteiger partial charge on any atom is -0.494 e. The van der Waals surface area contributed by atoms with E-state index < -0.39 is 23.6 Å². The highest BCUT2D eigenvalue weighted by Gasteiger charge is 2.22. The lowest BCUT2D eigenvalue weighted by molar-refractivity contribution is -0.142. The lowest BCUT2D eigenvalue weighted by Crippen LogP contribution is -2.23. The van der Waals surface area contributed by atoms with Crippen molar-refractivity contribution < 1.29 is 23.0 Å². The molecule has 0 heterocycles. The molecule has 1 atom stereocenters. The molecule has 88 valence electrons. The third kappa shape index (κ3) is 2.27. The minimum atomic E-state index is -1.36. The smallest absolute Gasteiger partial charge is 0.327 e. The number of hydrogen-bond donors (Lipinski definition) is 1. The Morgan fingerprint density at radius 1 is 1.31 bits per heavy atom. The number of esters is 1. The Morgan fingerprint density at radius 2 is 1.94 bits per heavy atom. The maximum Gasteiger partial charge on any atom is 0.327 e. The normalized spacial score (nSPS) is 12.1. The quantitative estimate of drug-likeness (QED) is 0.792. The average Bonchev–Trinajstić information content (AvgIpc) is 2.29. The van der Waals surface area contributed by atoms with E-state index in [0.29, 0.717) is 0 Å². The summed E-state index contributed by atoms with van der Waals surface area (Å²) in [7, 11) is 2.32. The summed E-state index contributed by atoms with van der Waals surface area (Å²) in [5.74, 6) is -2.71.